The lowest BCUT2D eigenvalue weighted by Gasteiger charge is -2.25. The van der Waals surface area contributed by atoms with E-state index >= 15 is 0 Å². The molecule has 1 atom stereocenters. The van der Waals surface area contributed by atoms with Gasteiger partial charge in [-0.25, -0.2) is 0 Å². The Labute approximate surface area is 88.7 Å². The van der Waals surface area contributed by atoms with Crippen LogP contribution in [0, 0.1) is 0 Å². The Bertz CT molecular complexity index is 253. The van der Waals surface area contributed by atoms with Crippen molar-refractivity contribution in [3.8, 4) is 0 Å². The van der Waals surface area contributed by atoms with Gasteiger partial charge in [0.15, 0.2) is 0 Å². The molecule has 0 aromatic heterocycles. The summed E-state index contributed by atoms with van der Waals surface area (Å²) in [6.07, 6.45) is 13.7. The van der Waals surface area contributed by atoms with Crippen molar-refractivity contribution in [1.82, 2.24) is 4.67 Å². The van der Waals surface area contributed by atoms with Gasteiger partial charge in [-0.3, -0.25) is 4.67 Å². The normalized spacial score (nSPS) is 23.8. The average Bonchev–Trinajstić information content (AvgIpc) is 3.01. The minimum absolute atomic E-state index is 0.304. The number of allylic oxidation sites excluding steroid dienone is 3. The molecule has 0 saturated carbocycles. The Balaban J connectivity index is 1.83. The van der Waals surface area contributed by atoms with E-state index < -0.39 is 0 Å². The smallest absolute Gasteiger partial charge is 0.0143 e. The molecule has 0 amide bonds. The van der Waals surface area contributed by atoms with Crippen molar-refractivity contribution in [2.75, 3.05) is 19.4 Å². The minimum Gasteiger partial charge on any atom is -0.282 e. The molecule has 2 heteroatoms. The highest BCUT2D eigenvalue weighted by atomic mass is 31.1. The molecule has 0 aromatic rings. The molecule has 0 unspecified atom stereocenters. The van der Waals surface area contributed by atoms with Gasteiger partial charge >= 0.3 is 0 Å². The molecule has 78 valence electrons. The average molecular weight is 209 g/mol. The molecule has 0 bridgehead atoms. The van der Waals surface area contributed by atoms with Crippen LogP contribution in [0.1, 0.15) is 26.2 Å². The summed E-state index contributed by atoms with van der Waals surface area (Å²) in [4.78, 5) is 0. The number of nitrogens with zero attached hydrogens (tertiary/aromatic N) is 1. The molecule has 0 spiro atoms. The second kappa shape index (κ2) is 4.59. The number of hydrogen-bond donors (Lipinski definition) is 0. The van der Waals surface area contributed by atoms with Crippen LogP contribution in [0.5, 0.6) is 0 Å². The van der Waals surface area contributed by atoms with Crippen LogP contribution in [0.15, 0.2) is 23.8 Å². The van der Waals surface area contributed by atoms with Crippen LogP contribution in [0.4, 0.5) is 0 Å². The van der Waals surface area contributed by atoms with E-state index in [9.17, 15) is 0 Å². The quantitative estimate of drug-likeness (QED) is 0.641. The van der Waals surface area contributed by atoms with E-state index in [1.165, 1.54) is 31.6 Å². The van der Waals surface area contributed by atoms with Crippen molar-refractivity contribution in [2.24, 2.45) is 0 Å². The highest BCUT2D eigenvalue weighted by Gasteiger charge is 2.28. The fourth-order valence-corrected chi connectivity index (χ4v) is 3.56. The first-order chi connectivity index (χ1) is 6.77. The zero-order valence-electron chi connectivity index (χ0n) is 9.24. The third-order valence-corrected chi connectivity index (χ3v) is 5.24. The molecule has 0 aromatic carbocycles. The molecule has 0 radical (unpaired) electrons. The van der Waals surface area contributed by atoms with Gasteiger partial charge in [-0.1, -0.05) is 23.8 Å². The predicted octanol–water partition coefficient (Wildman–Crippen LogP) is 3.38. The Morgan fingerprint density at radius 3 is 2.79 bits per heavy atom. The number of rotatable bonds is 4. The zero-order valence-corrected chi connectivity index (χ0v) is 10.1. The molecule has 14 heavy (non-hydrogen) atoms. The van der Waals surface area contributed by atoms with E-state index in [2.05, 4.69) is 36.9 Å². The van der Waals surface area contributed by atoms with Crippen molar-refractivity contribution in [1.29, 1.82) is 0 Å². The molecule has 2 rings (SSSR count). The molecule has 1 saturated heterocycles. The van der Waals surface area contributed by atoms with Gasteiger partial charge in [-0.15, -0.1) is 0 Å². The lowest BCUT2D eigenvalue weighted by atomic mass is 10.0. The predicted molar refractivity (Wildman–Crippen MR) is 65.0 cm³/mol. The SMILES string of the molecule is C[C@@H](CC1=CCCC=C1)N(C)P1CC1. The maximum atomic E-state index is 2.61. The Morgan fingerprint density at radius 1 is 1.43 bits per heavy atom. The molecule has 1 fully saturated rings. The summed E-state index contributed by atoms with van der Waals surface area (Å²) in [5.41, 5.74) is 1.55. The molecule has 1 nitrogen and oxygen atoms in total. The third kappa shape index (κ3) is 2.68. The van der Waals surface area contributed by atoms with Gasteiger partial charge in [0.05, 0.1) is 0 Å². The summed E-state index contributed by atoms with van der Waals surface area (Å²) >= 11 is 0. The van der Waals surface area contributed by atoms with Gasteiger partial charge in [0, 0.05) is 6.04 Å². The summed E-state index contributed by atoms with van der Waals surface area (Å²) in [6, 6.07) is 0.734. The first-order valence-electron chi connectivity index (χ1n) is 5.60. The fraction of sp³-hybridized carbons (Fsp3) is 0.667. The Kier molecular flexibility index (Phi) is 3.41. The van der Waals surface area contributed by atoms with Crippen LogP contribution in [0.2, 0.25) is 0 Å². The lowest BCUT2D eigenvalue weighted by Crippen LogP contribution is -2.22. The second-order valence-electron chi connectivity index (χ2n) is 4.34. The van der Waals surface area contributed by atoms with Crippen molar-refractivity contribution in [3.63, 3.8) is 0 Å². The van der Waals surface area contributed by atoms with E-state index in [0.717, 1.165) is 6.04 Å². The van der Waals surface area contributed by atoms with E-state index in [1.54, 1.807) is 5.57 Å². The summed E-state index contributed by atoms with van der Waals surface area (Å²) in [5.74, 6) is 0. The van der Waals surface area contributed by atoms with E-state index in [4.69, 9.17) is 0 Å². The van der Waals surface area contributed by atoms with Gasteiger partial charge in [0.1, 0.15) is 0 Å². The minimum atomic E-state index is 0.304. The standard InChI is InChI=1S/C12H20NP/c1-11(13(2)14-8-9-14)10-12-6-4-3-5-7-12/h4,6-7,11H,3,5,8-10H2,1-2H3/t11-/m0/s1. The largest absolute Gasteiger partial charge is 0.282 e. The van der Waals surface area contributed by atoms with Crippen LogP contribution in [0.25, 0.3) is 0 Å². The highest BCUT2D eigenvalue weighted by molar-refractivity contribution is 7.62. The topological polar surface area (TPSA) is 3.24 Å². The van der Waals surface area contributed by atoms with Crippen LogP contribution in [0.3, 0.4) is 0 Å². The number of hydrogen-bond acceptors (Lipinski definition) is 1. The summed E-state index contributed by atoms with van der Waals surface area (Å²) in [5, 5.41) is 0. The first kappa shape index (κ1) is 10.4. The summed E-state index contributed by atoms with van der Waals surface area (Å²) in [7, 11) is 2.61. The highest BCUT2D eigenvalue weighted by Crippen LogP contribution is 2.54. The van der Waals surface area contributed by atoms with E-state index in [1.807, 2.05) is 0 Å². The van der Waals surface area contributed by atoms with Gasteiger partial charge < -0.3 is 0 Å². The Morgan fingerprint density at radius 2 is 2.21 bits per heavy atom. The van der Waals surface area contributed by atoms with Crippen LogP contribution in [-0.4, -0.2) is 30.1 Å². The summed E-state index contributed by atoms with van der Waals surface area (Å²) in [6.45, 7) is 2.37. The van der Waals surface area contributed by atoms with Crippen LogP contribution in [-0.2, 0) is 0 Å². The van der Waals surface area contributed by atoms with Crippen LogP contribution >= 0.6 is 8.07 Å². The molecular weight excluding hydrogens is 189 g/mol. The van der Waals surface area contributed by atoms with Gasteiger partial charge in [0.2, 0.25) is 0 Å². The Hall–Kier alpha value is -0.130. The van der Waals surface area contributed by atoms with Crippen molar-refractivity contribution in [3.05, 3.63) is 23.8 Å². The van der Waals surface area contributed by atoms with E-state index in [0.29, 0.717) is 8.07 Å². The van der Waals surface area contributed by atoms with Crippen molar-refractivity contribution in [2.45, 2.75) is 32.2 Å². The molecule has 1 heterocycles. The van der Waals surface area contributed by atoms with E-state index in [-0.39, 0.29) is 0 Å². The molecule has 1 aliphatic heterocycles. The van der Waals surface area contributed by atoms with Crippen LogP contribution < -0.4 is 0 Å². The molecule has 0 N–H and O–H groups in total. The molecule has 2 aliphatic rings. The maximum Gasteiger partial charge on any atom is 0.0143 e. The second-order valence-corrected chi connectivity index (χ2v) is 6.88. The molecule has 1 aliphatic carbocycles. The van der Waals surface area contributed by atoms with Crippen molar-refractivity contribution < 1.29 is 0 Å². The molecular formula is C12H20NP. The zero-order chi connectivity index (χ0) is 9.97. The first-order valence-corrected chi connectivity index (χ1v) is 7.27. The third-order valence-electron chi connectivity index (χ3n) is 3.11. The van der Waals surface area contributed by atoms with Gasteiger partial charge in [-0.05, 0) is 53.6 Å². The monoisotopic (exact) mass is 209 g/mol. The van der Waals surface area contributed by atoms with Gasteiger partial charge in [0.25, 0.3) is 0 Å². The lowest BCUT2D eigenvalue weighted by molar-refractivity contribution is 0.427. The van der Waals surface area contributed by atoms with Gasteiger partial charge in [-0.2, -0.15) is 0 Å². The maximum absolute atomic E-state index is 2.61. The van der Waals surface area contributed by atoms with Crippen molar-refractivity contribution >= 4 is 8.07 Å². The fourth-order valence-electron chi connectivity index (χ4n) is 1.93. The summed E-state index contributed by atoms with van der Waals surface area (Å²) < 4.78 is 2.61.